The van der Waals surface area contributed by atoms with E-state index in [0.717, 1.165) is 22.0 Å². The molecule has 2 aromatic carbocycles. The van der Waals surface area contributed by atoms with Crippen LogP contribution in [-0.2, 0) is 4.79 Å². The summed E-state index contributed by atoms with van der Waals surface area (Å²) in [4.78, 5) is 36.2. The van der Waals surface area contributed by atoms with Crippen LogP contribution in [0.25, 0.3) is 0 Å². The number of hydrogen-bond donors (Lipinski definition) is 4. The molecule has 0 radical (unpaired) electrons. The van der Waals surface area contributed by atoms with Crippen molar-refractivity contribution < 1.29 is 14.4 Å². The van der Waals surface area contributed by atoms with E-state index in [-0.39, 0.29) is 16.9 Å². The number of unbranched alkanes of at least 4 members (excludes halogenated alkanes) is 1. The Labute approximate surface area is 194 Å². The highest BCUT2D eigenvalue weighted by Crippen LogP contribution is 2.13. The molecular formula is C21H23IN4O3S. The summed E-state index contributed by atoms with van der Waals surface area (Å²) in [6.45, 7) is 3.98. The molecule has 2 rings (SSSR count). The molecule has 0 fully saturated rings. The topological polar surface area (TPSA) is 99.3 Å². The van der Waals surface area contributed by atoms with Crippen molar-refractivity contribution >= 4 is 63.3 Å². The molecule has 0 unspecified atom stereocenters. The number of hydrazine groups is 1. The summed E-state index contributed by atoms with van der Waals surface area (Å²) in [6, 6.07) is 11.8. The van der Waals surface area contributed by atoms with Gasteiger partial charge in [0.15, 0.2) is 5.11 Å². The van der Waals surface area contributed by atoms with E-state index in [2.05, 4.69) is 44.1 Å². The van der Waals surface area contributed by atoms with E-state index in [9.17, 15) is 14.4 Å². The number of carbonyl (C=O) groups is 3. The summed E-state index contributed by atoms with van der Waals surface area (Å²) in [6.07, 6.45) is 2.25. The van der Waals surface area contributed by atoms with Gasteiger partial charge in [-0.2, -0.15) is 0 Å². The second kappa shape index (κ2) is 11.6. The molecule has 0 heterocycles. The molecule has 2 aromatic rings. The first-order chi connectivity index (χ1) is 14.3. The van der Waals surface area contributed by atoms with Crippen LogP contribution in [-0.4, -0.2) is 22.8 Å². The zero-order valence-electron chi connectivity index (χ0n) is 16.7. The predicted octanol–water partition coefficient (Wildman–Crippen LogP) is 3.68. The summed E-state index contributed by atoms with van der Waals surface area (Å²) < 4.78 is 0.970. The predicted molar refractivity (Wildman–Crippen MR) is 129 cm³/mol. The number of thiocarbonyl (C=S) groups is 1. The molecule has 0 atom stereocenters. The van der Waals surface area contributed by atoms with E-state index in [1.54, 1.807) is 36.4 Å². The molecule has 3 amide bonds. The molecule has 0 aliphatic heterocycles. The first kappa shape index (κ1) is 23.7. The lowest BCUT2D eigenvalue weighted by Crippen LogP contribution is -2.48. The van der Waals surface area contributed by atoms with Crippen LogP contribution in [0, 0.1) is 10.5 Å². The van der Waals surface area contributed by atoms with Gasteiger partial charge in [-0.1, -0.05) is 19.4 Å². The molecule has 9 heteroatoms. The van der Waals surface area contributed by atoms with E-state index < -0.39 is 5.91 Å². The molecule has 0 aliphatic rings. The summed E-state index contributed by atoms with van der Waals surface area (Å²) in [5.41, 5.74) is 7.47. The van der Waals surface area contributed by atoms with Gasteiger partial charge in [0.05, 0.1) is 0 Å². The number of halogens is 1. The van der Waals surface area contributed by atoms with Gasteiger partial charge in [0.1, 0.15) is 0 Å². The largest absolute Gasteiger partial charge is 0.326 e. The van der Waals surface area contributed by atoms with Gasteiger partial charge in [-0.15, -0.1) is 0 Å². The van der Waals surface area contributed by atoms with Crippen molar-refractivity contribution in [2.24, 2.45) is 0 Å². The SMILES string of the molecule is CCCCC(=O)Nc1ccc(C(=O)NNC(=S)NC(=O)c2ccc(C)c(I)c2)cc1. The molecule has 4 N–H and O–H groups in total. The Kier molecular flexibility index (Phi) is 9.18. The number of nitrogens with one attached hydrogen (secondary N) is 4. The van der Waals surface area contributed by atoms with E-state index >= 15 is 0 Å². The lowest BCUT2D eigenvalue weighted by atomic mass is 10.1. The molecule has 7 nitrogen and oxygen atoms in total. The van der Waals surface area contributed by atoms with E-state index in [1.807, 2.05) is 19.9 Å². The third-order valence-corrected chi connectivity index (χ3v) is 5.51. The normalized spacial score (nSPS) is 10.1. The van der Waals surface area contributed by atoms with E-state index in [0.29, 0.717) is 23.2 Å². The second-order valence-corrected chi connectivity index (χ2v) is 8.13. The van der Waals surface area contributed by atoms with E-state index in [4.69, 9.17) is 12.2 Å². The minimum Gasteiger partial charge on any atom is -0.326 e. The Bertz CT molecular complexity index is 948. The molecular weight excluding hydrogens is 515 g/mol. The average molecular weight is 538 g/mol. The van der Waals surface area contributed by atoms with Gasteiger partial charge < -0.3 is 5.32 Å². The summed E-state index contributed by atoms with van der Waals surface area (Å²) in [5.74, 6) is -0.858. The molecule has 0 bridgehead atoms. The third-order valence-electron chi connectivity index (χ3n) is 4.14. The monoisotopic (exact) mass is 538 g/mol. The maximum absolute atomic E-state index is 12.2. The van der Waals surface area contributed by atoms with Gasteiger partial charge in [-0.25, -0.2) is 0 Å². The zero-order chi connectivity index (χ0) is 22.1. The number of aryl methyl sites for hydroxylation is 1. The lowest BCUT2D eigenvalue weighted by Gasteiger charge is -2.12. The van der Waals surface area contributed by atoms with Crippen LogP contribution in [0.2, 0.25) is 0 Å². The van der Waals surface area contributed by atoms with Crippen molar-refractivity contribution in [1.29, 1.82) is 0 Å². The summed E-state index contributed by atoms with van der Waals surface area (Å²) in [5, 5.41) is 5.27. The lowest BCUT2D eigenvalue weighted by molar-refractivity contribution is -0.116. The fourth-order valence-corrected chi connectivity index (χ4v) is 3.05. The van der Waals surface area contributed by atoms with Crippen LogP contribution >= 0.6 is 34.8 Å². The molecule has 0 spiro atoms. The summed E-state index contributed by atoms with van der Waals surface area (Å²) >= 11 is 7.21. The van der Waals surface area contributed by atoms with Crippen molar-refractivity contribution in [3.8, 4) is 0 Å². The average Bonchev–Trinajstić information content (AvgIpc) is 2.73. The molecule has 158 valence electrons. The zero-order valence-corrected chi connectivity index (χ0v) is 19.6. The molecule has 0 saturated heterocycles. The van der Waals surface area contributed by atoms with Crippen molar-refractivity contribution in [3.63, 3.8) is 0 Å². The number of anilines is 1. The van der Waals surface area contributed by atoms with E-state index in [1.165, 1.54) is 0 Å². The standard InChI is InChI=1S/C21H23IN4O3S/c1-3-4-5-18(27)23-16-10-8-14(9-11-16)20(29)25-26-21(30)24-19(28)15-7-6-13(2)17(22)12-15/h6-12H,3-5H2,1-2H3,(H,23,27)(H,25,29)(H2,24,26,28,30). The minimum absolute atomic E-state index is 0.0243. The van der Waals surface area contributed by atoms with Crippen molar-refractivity contribution in [2.75, 3.05) is 5.32 Å². The Balaban J connectivity index is 1.83. The van der Waals surface area contributed by atoms with Gasteiger partial charge in [0, 0.05) is 26.8 Å². The van der Waals surface area contributed by atoms with Crippen molar-refractivity contribution in [3.05, 3.63) is 62.7 Å². The minimum atomic E-state index is -0.430. The Morgan fingerprint density at radius 1 is 0.967 bits per heavy atom. The van der Waals surface area contributed by atoms with Gasteiger partial charge in [-0.3, -0.25) is 30.6 Å². The molecule has 0 saturated carbocycles. The number of carbonyl (C=O) groups excluding carboxylic acids is 3. The van der Waals surface area contributed by atoms with Gasteiger partial charge in [0.25, 0.3) is 11.8 Å². The highest BCUT2D eigenvalue weighted by Gasteiger charge is 2.11. The highest BCUT2D eigenvalue weighted by molar-refractivity contribution is 14.1. The fourth-order valence-electron chi connectivity index (χ4n) is 2.39. The van der Waals surface area contributed by atoms with Gasteiger partial charge in [-0.05, 0) is 90.1 Å². The Morgan fingerprint density at radius 2 is 1.63 bits per heavy atom. The van der Waals surface area contributed by atoms with Gasteiger partial charge >= 0.3 is 0 Å². The Morgan fingerprint density at radius 3 is 2.27 bits per heavy atom. The van der Waals surface area contributed by atoms with Crippen molar-refractivity contribution in [1.82, 2.24) is 16.2 Å². The van der Waals surface area contributed by atoms with Crippen LogP contribution in [0.5, 0.6) is 0 Å². The first-order valence-electron chi connectivity index (χ1n) is 9.38. The molecule has 0 aliphatic carbocycles. The smallest absolute Gasteiger partial charge is 0.269 e. The van der Waals surface area contributed by atoms with Crippen LogP contribution in [0.3, 0.4) is 0 Å². The molecule has 0 aromatic heterocycles. The van der Waals surface area contributed by atoms with Crippen LogP contribution in [0.1, 0.15) is 52.5 Å². The maximum Gasteiger partial charge on any atom is 0.269 e. The number of amides is 3. The number of benzene rings is 2. The Hall–Kier alpha value is -2.53. The highest BCUT2D eigenvalue weighted by atomic mass is 127. The first-order valence-corrected chi connectivity index (χ1v) is 10.9. The fraction of sp³-hybridized carbons (Fsp3) is 0.238. The molecule has 30 heavy (non-hydrogen) atoms. The van der Waals surface area contributed by atoms with Crippen molar-refractivity contribution in [2.45, 2.75) is 33.1 Å². The van der Waals surface area contributed by atoms with Gasteiger partial charge in [0.2, 0.25) is 5.91 Å². The third kappa shape index (κ3) is 7.38. The number of hydrogen-bond acceptors (Lipinski definition) is 4. The maximum atomic E-state index is 12.2. The van der Waals surface area contributed by atoms with Crippen LogP contribution in [0.15, 0.2) is 42.5 Å². The number of rotatable bonds is 6. The van der Waals surface area contributed by atoms with Crippen LogP contribution in [0.4, 0.5) is 5.69 Å². The van der Waals surface area contributed by atoms with Crippen LogP contribution < -0.4 is 21.5 Å². The quantitative estimate of drug-likeness (QED) is 0.256. The summed E-state index contributed by atoms with van der Waals surface area (Å²) in [7, 11) is 0. The second-order valence-electron chi connectivity index (χ2n) is 6.56.